The lowest BCUT2D eigenvalue weighted by molar-refractivity contribution is 0.486. The molecular weight excluding hydrogens is 820 g/mol. The molecule has 65 heavy (non-hydrogen) atoms. The Morgan fingerprint density at radius 2 is 0.462 bits per heavy atom. The SMILES string of the molecule is Clc1cc2c(Oc3cccc4ccccc34)cc3c(Oc4cccc5ccccc45)cc4c(Oc5cccc6ccccc56)cc5c(Oc6cccc7ccccc67)cc1c1c2c3c4c51. The van der Waals surface area contributed by atoms with Crippen LogP contribution in [0, 0.1) is 0 Å². The molecule has 304 valence electrons. The maximum absolute atomic E-state index is 7.50. The highest BCUT2D eigenvalue weighted by molar-refractivity contribution is 6.50. The van der Waals surface area contributed by atoms with Crippen LogP contribution in [-0.4, -0.2) is 0 Å². The molecule has 14 aromatic rings. The quantitative estimate of drug-likeness (QED) is 0.143. The molecule has 4 nitrogen and oxygen atoms in total. The van der Waals surface area contributed by atoms with Gasteiger partial charge in [-0.05, 0) is 76.1 Å². The summed E-state index contributed by atoms with van der Waals surface area (Å²) in [5.74, 6) is 5.73. The van der Waals surface area contributed by atoms with Crippen molar-refractivity contribution in [2.75, 3.05) is 0 Å². The van der Waals surface area contributed by atoms with Crippen molar-refractivity contribution in [3.05, 3.63) is 205 Å². The van der Waals surface area contributed by atoms with Crippen molar-refractivity contribution < 1.29 is 18.9 Å². The highest BCUT2D eigenvalue weighted by Gasteiger charge is 2.30. The summed E-state index contributed by atoms with van der Waals surface area (Å²) < 4.78 is 28.6. The average Bonchev–Trinajstić information content (AvgIpc) is 3.71. The number of rotatable bonds is 8. The monoisotopic (exact) mass is 852 g/mol. The van der Waals surface area contributed by atoms with E-state index >= 15 is 0 Å². The lowest BCUT2D eigenvalue weighted by atomic mass is 9.97. The zero-order valence-electron chi connectivity index (χ0n) is 34.6. The number of ether oxygens (including phenoxy) is 4. The van der Waals surface area contributed by atoms with Gasteiger partial charge in [0.2, 0.25) is 0 Å². The van der Waals surface area contributed by atoms with Gasteiger partial charge in [-0.1, -0.05) is 157 Å². The second kappa shape index (κ2) is 13.8. The Morgan fingerprint density at radius 1 is 0.215 bits per heavy atom. The van der Waals surface area contributed by atoms with Crippen LogP contribution in [0.15, 0.2) is 200 Å². The van der Waals surface area contributed by atoms with E-state index < -0.39 is 0 Å². The van der Waals surface area contributed by atoms with Crippen molar-refractivity contribution in [1.29, 1.82) is 0 Å². The summed E-state index contributed by atoms with van der Waals surface area (Å²) in [7, 11) is 0. The molecule has 5 heteroatoms. The van der Waals surface area contributed by atoms with Crippen molar-refractivity contribution in [2.24, 2.45) is 0 Å². The maximum Gasteiger partial charge on any atom is 0.136 e. The van der Waals surface area contributed by atoms with E-state index in [-0.39, 0.29) is 0 Å². The molecule has 0 atom stereocenters. The lowest BCUT2D eigenvalue weighted by Gasteiger charge is -2.18. The Bertz CT molecular complexity index is 4000. The highest BCUT2D eigenvalue weighted by Crippen LogP contribution is 2.58. The molecule has 0 bridgehead atoms. The number of fused-ring (bicyclic) bond motifs is 4. The molecule has 0 saturated carbocycles. The van der Waals surface area contributed by atoms with E-state index in [4.69, 9.17) is 30.5 Å². The van der Waals surface area contributed by atoms with Gasteiger partial charge < -0.3 is 18.9 Å². The summed E-state index contributed by atoms with van der Waals surface area (Å²) >= 11 is 7.50. The van der Waals surface area contributed by atoms with Crippen LogP contribution in [0.3, 0.4) is 0 Å². The largest absolute Gasteiger partial charge is 0.456 e. The predicted molar refractivity (Wildman–Crippen MR) is 269 cm³/mol. The Morgan fingerprint density at radius 3 is 0.785 bits per heavy atom. The van der Waals surface area contributed by atoms with E-state index in [9.17, 15) is 0 Å². The summed E-state index contributed by atoms with van der Waals surface area (Å²) in [6, 6.07) is 68.5. The first-order valence-corrected chi connectivity index (χ1v) is 22.1. The van der Waals surface area contributed by atoms with Gasteiger partial charge in [0.15, 0.2) is 0 Å². The Hall–Kier alpha value is -8.31. The van der Waals surface area contributed by atoms with Gasteiger partial charge >= 0.3 is 0 Å². The number of halogens is 1. The van der Waals surface area contributed by atoms with Crippen molar-refractivity contribution in [2.45, 2.75) is 0 Å². The van der Waals surface area contributed by atoms with Crippen molar-refractivity contribution in [1.82, 2.24) is 0 Å². The van der Waals surface area contributed by atoms with Gasteiger partial charge in [0, 0.05) is 80.4 Å². The lowest BCUT2D eigenvalue weighted by Crippen LogP contribution is -1.93. The Balaban J connectivity index is 1.11. The third kappa shape index (κ3) is 5.45. The standard InChI is InChI=1S/C60H33ClO4/c61-47-29-43-53(63-49-26-10-18-35-14-2-6-22-39(35)49)31-45-55(65-51-28-12-20-37-16-4-8-24-41(37)51)33-46-54(64-50-27-11-19-36-15-3-7-23-40(36)50)32-44-52(30-42(47)56-57(43)59(45)60(46)58(44)56)62-48-25-9-17-34-13-1-5-21-38(34)48/h1-33H. The normalized spacial score (nSPS) is 12.1. The van der Waals surface area contributed by atoms with Crippen molar-refractivity contribution in [3.8, 4) is 46.0 Å². The third-order valence-corrected chi connectivity index (χ3v) is 13.5. The molecule has 0 unspecified atom stereocenters. The molecule has 0 spiro atoms. The van der Waals surface area contributed by atoms with E-state index in [0.717, 1.165) is 120 Å². The van der Waals surface area contributed by atoms with Gasteiger partial charge in [-0.2, -0.15) is 0 Å². The Kier molecular flexibility index (Phi) is 7.71. The van der Waals surface area contributed by atoms with Crippen LogP contribution in [0.1, 0.15) is 0 Å². The summed E-state index contributed by atoms with van der Waals surface area (Å²) in [6.45, 7) is 0. The second-order valence-corrected chi connectivity index (χ2v) is 17.2. The van der Waals surface area contributed by atoms with E-state index in [2.05, 4.69) is 115 Å². The molecule has 0 amide bonds. The first kappa shape index (κ1) is 36.2. The zero-order valence-corrected chi connectivity index (χ0v) is 35.3. The summed E-state index contributed by atoms with van der Waals surface area (Å²) in [4.78, 5) is 0. The van der Waals surface area contributed by atoms with Gasteiger partial charge in [0.25, 0.3) is 0 Å². The minimum Gasteiger partial charge on any atom is -0.456 e. The predicted octanol–water partition coefficient (Wildman–Crippen LogP) is 18.2. The fraction of sp³-hybridized carbons (Fsp3) is 0. The third-order valence-electron chi connectivity index (χ3n) is 13.2. The summed E-state index contributed by atoms with van der Waals surface area (Å²) in [5, 5.41) is 18.8. The van der Waals surface area contributed by atoms with Crippen LogP contribution >= 0.6 is 11.6 Å². The summed E-state index contributed by atoms with van der Waals surface area (Å²) in [5.41, 5.74) is 0. The van der Waals surface area contributed by atoms with Crippen LogP contribution < -0.4 is 18.9 Å². The van der Waals surface area contributed by atoms with Gasteiger partial charge in [-0.15, -0.1) is 0 Å². The molecular formula is C60H33ClO4. The average molecular weight is 853 g/mol. The Labute approximate surface area is 376 Å². The first-order valence-electron chi connectivity index (χ1n) is 21.7. The minimum atomic E-state index is 0.601. The molecule has 0 aliphatic carbocycles. The molecule has 0 N–H and O–H groups in total. The molecule has 0 aromatic heterocycles. The van der Waals surface area contributed by atoms with Crippen LogP contribution in [0.5, 0.6) is 46.0 Å². The van der Waals surface area contributed by atoms with Gasteiger partial charge in [-0.25, -0.2) is 0 Å². The van der Waals surface area contributed by atoms with Crippen LogP contribution in [0.2, 0.25) is 5.02 Å². The number of benzene rings is 13. The van der Waals surface area contributed by atoms with Gasteiger partial charge in [0.1, 0.15) is 46.0 Å². The molecule has 0 heterocycles. The molecule has 0 fully saturated rings. The van der Waals surface area contributed by atoms with Crippen molar-refractivity contribution >= 4 is 109 Å². The fourth-order valence-corrected chi connectivity index (χ4v) is 10.5. The van der Waals surface area contributed by atoms with Crippen LogP contribution in [0.4, 0.5) is 0 Å². The molecule has 0 saturated heterocycles. The topological polar surface area (TPSA) is 36.9 Å². The molecule has 14 rings (SSSR count). The maximum atomic E-state index is 7.50. The van der Waals surface area contributed by atoms with Crippen LogP contribution in [-0.2, 0) is 0 Å². The highest BCUT2D eigenvalue weighted by atomic mass is 35.5. The molecule has 14 aromatic carbocycles. The van der Waals surface area contributed by atoms with Crippen molar-refractivity contribution in [3.63, 3.8) is 0 Å². The van der Waals surface area contributed by atoms with E-state index in [0.29, 0.717) is 28.0 Å². The summed E-state index contributed by atoms with van der Waals surface area (Å²) in [6.07, 6.45) is 0. The smallest absolute Gasteiger partial charge is 0.136 e. The minimum absolute atomic E-state index is 0.601. The van der Waals surface area contributed by atoms with Crippen LogP contribution in [0.25, 0.3) is 97.0 Å². The zero-order chi connectivity index (χ0) is 42.8. The molecule has 0 radical (unpaired) electrons. The number of hydrogen-bond acceptors (Lipinski definition) is 4. The molecule has 0 aliphatic rings. The fourth-order valence-electron chi connectivity index (χ4n) is 10.3. The van der Waals surface area contributed by atoms with E-state index in [1.807, 2.05) is 84.9 Å². The van der Waals surface area contributed by atoms with Gasteiger partial charge in [-0.3, -0.25) is 0 Å². The van der Waals surface area contributed by atoms with Gasteiger partial charge in [0.05, 0.1) is 0 Å². The van der Waals surface area contributed by atoms with E-state index in [1.54, 1.807) is 0 Å². The second-order valence-electron chi connectivity index (χ2n) is 16.8. The number of hydrogen-bond donors (Lipinski definition) is 0. The first-order chi connectivity index (χ1) is 32.1. The molecule has 0 aliphatic heterocycles. The van der Waals surface area contributed by atoms with E-state index in [1.165, 1.54) is 0 Å².